The van der Waals surface area contributed by atoms with E-state index in [0.717, 1.165) is 0 Å². The average Bonchev–Trinajstić information content (AvgIpc) is 2.37. The number of benzene rings is 2. The Labute approximate surface area is 127 Å². The van der Waals surface area contributed by atoms with Gasteiger partial charge in [0.15, 0.2) is 11.6 Å². The topological polar surface area (TPSA) is 52.4 Å². The summed E-state index contributed by atoms with van der Waals surface area (Å²) < 4.78 is 19.7. The van der Waals surface area contributed by atoms with Crippen molar-refractivity contribution >= 4 is 33.2 Å². The minimum atomic E-state index is -0.585. The maximum absolute atomic E-state index is 13.6. The number of nitrogens with zero attached hydrogens (tertiary/aromatic N) is 1. The Hall–Kier alpha value is -1.66. The first kappa shape index (κ1) is 14.7. The van der Waals surface area contributed by atoms with Crippen LogP contribution in [0.3, 0.4) is 0 Å². The van der Waals surface area contributed by atoms with Crippen molar-refractivity contribution in [2.75, 3.05) is 0 Å². The molecule has 0 spiro atoms. The summed E-state index contributed by atoms with van der Waals surface area (Å²) in [4.78, 5) is 10.2. The van der Waals surface area contributed by atoms with Crippen molar-refractivity contribution in [3.05, 3.63) is 61.3 Å². The first-order chi connectivity index (χ1) is 9.38. The second-order valence-corrected chi connectivity index (χ2v) is 5.33. The minimum absolute atomic E-state index is 0.00685. The van der Waals surface area contributed by atoms with Gasteiger partial charge in [-0.2, -0.15) is 0 Å². The van der Waals surface area contributed by atoms with Crippen LogP contribution in [0, 0.1) is 22.9 Å². The molecule has 0 aliphatic rings. The van der Waals surface area contributed by atoms with Crippen LogP contribution < -0.4 is 4.74 Å². The zero-order chi connectivity index (χ0) is 14.9. The molecule has 0 saturated heterocycles. The molecular weight excluding hydrogens is 353 g/mol. The van der Waals surface area contributed by atoms with Gasteiger partial charge in [-0.15, -0.1) is 0 Å². The van der Waals surface area contributed by atoms with Gasteiger partial charge >= 0.3 is 0 Å². The zero-order valence-corrected chi connectivity index (χ0v) is 12.5. The molecule has 0 fully saturated rings. The number of ether oxygens (including phenoxy) is 1. The van der Waals surface area contributed by atoms with Crippen LogP contribution in [0.1, 0.15) is 5.56 Å². The molecule has 4 nitrogen and oxygen atoms in total. The van der Waals surface area contributed by atoms with Gasteiger partial charge < -0.3 is 4.74 Å². The molecule has 0 aliphatic heterocycles. The number of nitro groups is 1. The minimum Gasteiger partial charge on any atom is -0.454 e. The maximum Gasteiger partial charge on any atom is 0.288 e. The Morgan fingerprint density at radius 1 is 1.30 bits per heavy atom. The molecule has 0 unspecified atom stereocenters. The molecule has 0 amide bonds. The quantitative estimate of drug-likeness (QED) is 0.555. The standard InChI is InChI=1S/C13H8BrClFNO3/c1-7-4-11(17(18)19)9(15)6-12(7)20-13-5-8(14)2-3-10(13)16/h2-6H,1H3. The summed E-state index contributed by atoms with van der Waals surface area (Å²) in [6, 6.07) is 6.84. The van der Waals surface area contributed by atoms with Crippen LogP contribution in [0.5, 0.6) is 11.5 Å². The van der Waals surface area contributed by atoms with Crippen LogP contribution in [0.4, 0.5) is 10.1 Å². The fourth-order valence-corrected chi connectivity index (χ4v) is 2.13. The molecule has 2 aromatic rings. The van der Waals surface area contributed by atoms with E-state index in [2.05, 4.69) is 15.9 Å². The van der Waals surface area contributed by atoms with Gasteiger partial charge in [0.05, 0.1) is 4.92 Å². The molecule has 0 heterocycles. The normalized spacial score (nSPS) is 10.4. The lowest BCUT2D eigenvalue weighted by Crippen LogP contribution is -1.94. The van der Waals surface area contributed by atoms with Crippen LogP contribution >= 0.6 is 27.5 Å². The summed E-state index contributed by atoms with van der Waals surface area (Å²) in [6.45, 7) is 1.62. The lowest BCUT2D eigenvalue weighted by Gasteiger charge is -2.10. The Kier molecular flexibility index (Phi) is 4.25. The van der Waals surface area contributed by atoms with Crippen LogP contribution in [0.2, 0.25) is 5.02 Å². The van der Waals surface area contributed by atoms with Crippen molar-refractivity contribution in [1.82, 2.24) is 0 Å². The highest BCUT2D eigenvalue weighted by Crippen LogP contribution is 2.35. The van der Waals surface area contributed by atoms with E-state index in [4.69, 9.17) is 16.3 Å². The molecule has 7 heteroatoms. The van der Waals surface area contributed by atoms with E-state index >= 15 is 0 Å². The van der Waals surface area contributed by atoms with Gasteiger partial charge in [0, 0.05) is 16.6 Å². The highest BCUT2D eigenvalue weighted by Gasteiger charge is 2.17. The van der Waals surface area contributed by atoms with Crippen molar-refractivity contribution in [2.45, 2.75) is 6.92 Å². The van der Waals surface area contributed by atoms with Gasteiger partial charge in [0.2, 0.25) is 0 Å². The summed E-state index contributed by atoms with van der Waals surface area (Å²) in [5.74, 6) is -0.271. The van der Waals surface area contributed by atoms with Gasteiger partial charge in [-0.05, 0) is 30.7 Å². The number of halogens is 3. The number of aryl methyl sites for hydroxylation is 1. The highest BCUT2D eigenvalue weighted by molar-refractivity contribution is 9.10. The van der Waals surface area contributed by atoms with E-state index in [1.807, 2.05) is 0 Å². The molecule has 0 saturated carbocycles. The van der Waals surface area contributed by atoms with E-state index in [9.17, 15) is 14.5 Å². The average molecular weight is 361 g/mol. The van der Waals surface area contributed by atoms with Crippen molar-refractivity contribution in [3.8, 4) is 11.5 Å². The predicted molar refractivity (Wildman–Crippen MR) is 77.0 cm³/mol. The molecule has 0 atom stereocenters. The summed E-state index contributed by atoms with van der Waals surface area (Å²) in [5, 5.41) is 10.7. The molecule has 0 aromatic heterocycles. The van der Waals surface area contributed by atoms with Gasteiger partial charge in [-0.3, -0.25) is 10.1 Å². The molecule has 0 radical (unpaired) electrons. The largest absolute Gasteiger partial charge is 0.454 e. The first-order valence-corrected chi connectivity index (χ1v) is 6.63. The SMILES string of the molecule is Cc1cc([N+](=O)[O-])c(Cl)cc1Oc1cc(Br)ccc1F. The first-order valence-electron chi connectivity index (χ1n) is 5.46. The van der Waals surface area contributed by atoms with Gasteiger partial charge in [-0.25, -0.2) is 4.39 Å². The summed E-state index contributed by atoms with van der Waals surface area (Å²) in [7, 11) is 0. The summed E-state index contributed by atoms with van der Waals surface area (Å²) in [6.07, 6.45) is 0. The van der Waals surface area contributed by atoms with E-state index in [-0.39, 0.29) is 22.2 Å². The smallest absolute Gasteiger partial charge is 0.288 e. The lowest BCUT2D eigenvalue weighted by atomic mass is 10.2. The van der Waals surface area contributed by atoms with Crippen molar-refractivity contribution in [2.24, 2.45) is 0 Å². The number of hydrogen-bond donors (Lipinski definition) is 0. The Balaban J connectivity index is 2.42. The van der Waals surface area contributed by atoms with E-state index in [1.165, 1.54) is 30.3 Å². The molecule has 20 heavy (non-hydrogen) atoms. The molecule has 0 bridgehead atoms. The van der Waals surface area contributed by atoms with Gasteiger partial charge in [0.25, 0.3) is 5.69 Å². The van der Waals surface area contributed by atoms with Crippen LogP contribution in [0.25, 0.3) is 0 Å². The second-order valence-electron chi connectivity index (χ2n) is 4.00. The number of hydrogen-bond acceptors (Lipinski definition) is 3. The molecule has 0 aliphatic carbocycles. The number of rotatable bonds is 3. The van der Waals surface area contributed by atoms with E-state index in [0.29, 0.717) is 10.0 Å². The predicted octanol–water partition coefficient (Wildman–Crippen LogP) is 5.25. The monoisotopic (exact) mass is 359 g/mol. The maximum atomic E-state index is 13.6. The molecule has 0 N–H and O–H groups in total. The van der Waals surface area contributed by atoms with E-state index in [1.54, 1.807) is 6.92 Å². The molecule has 104 valence electrons. The zero-order valence-electron chi connectivity index (χ0n) is 10.2. The molecule has 2 aromatic carbocycles. The highest BCUT2D eigenvalue weighted by atomic mass is 79.9. The summed E-state index contributed by atoms with van der Waals surface area (Å²) >= 11 is 9.02. The molecule has 2 rings (SSSR count). The van der Waals surface area contributed by atoms with Crippen LogP contribution in [-0.2, 0) is 0 Å². The number of nitro benzene ring substituents is 1. The van der Waals surface area contributed by atoms with Crippen LogP contribution in [-0.4, -0.2) is 4.92 Å². The third kappa shape index (κ3) is 3.08. The van der Waals surface area contributed by atoms with Crippen LogP contribution in [0.15, 0.2) is 34.8 Å². The van der Waals surface area contributed by atoms with Gasteiger partial charge in [-0.1, -0.05) is 27.5 Å². The Morgan fingerprint density at radius 3 is 2.65 bits per heavy atom. The Bertz CT molecular complexity index is 694. The van der Waals surface area contributed by atoms with Crippen molar-refractivity contribution in [3.63, 3.8) is 0 Å². The fourth-order valence-electron chi connectivity index (χ4n) is 1.57. The summed E-state index contributed by atoms with van der Waals surface area (Å²) in [5.41, 5.74) is 0.270. The van der Waals surface area contributed by atoms with E-state index < -0.39 is 10.7 Å². The van der Waals surface area contributed by atoms with Crippen molar-refractivity contribution in [1.29, 1.82) is 0 Å². The lowest BCUT2D eigenvalue weighted by molar-refractivity contribution is -0.384. The van der Waals surface area contributed by atoms with Gasteiger partial charge in [0.1, 0.15) is 10.8 Å². The fraction of sp³-hybridized carbons (Fsp3) is 0.0769. The Morgan fingerprint density at radius 2 is 2.00 bits per heavy atom. The van der Waals surface area contributed by atoms with Crippen molar-refractivity contribution < 1.29 is 14.1 Å². The second kappa shape index (κ2) is 5.76. The molecular formula is C13H8BrClFNO3. The third-order valence-electron chi connectivity index (χ3n) is 2.55. The third-order valence-corrected chi connectivity index (χ3v) is 3.35.